The first-order chi connectivity index (χ1) is 14.3. The van der Waals surface area contributed by atoms with Gasteiger partial charge in [0, 0.05) is 19.4 Å². The third kappa shape index (κ3) is 11.9. The fourth-order valence-electron chi connectivity index (χ4n) is 2.80. The maximum atomic E-state index is 11.9. The number of carbonyl (C=O) groups is 2. The van der Waals surface area contributed by atoms with Gasteiger partial charge in [-0.15, -0.1) is 0 Å². The molecule has 0 saturated carbocycles. The normalized spacial score (nSPS) is 11.3. The lowest BCUT2D eigenvalue weighted by Crippen LogP contribution is -2.21. The second-order valence-corrected chi connectivity index (χ2v) is 8.48. The number of ether oxygens (including phenoxy) is 1. The molecule has 0 saturated heterocycles. The van der Waals surface area contributed by atoms with Gasteiger partial charge in [0.2, 0.25) is 0 Å². The van der Waals surface area contributed by atoms with Crippen LogP contribution in [0.15, 0.2) is 29.2 Å². The molecule has 9 heteroatoms. The monoisotopic (exact) mass is 443 g/mol. The minimum atomic E-state index is -4.46. The number of nitrogens with one attached hydrogen (secondary N) is 1. The third-order valence-corrected chi connectivity index (χ3v) is 5.32. The number of hydrogen-bond donors (Lipinski definition) is 2. The highest BCUT2D eigenvalue weighted by Gasteiger charge is 2.18. The molecule has 30 heavy (non-hydrogen) atoms. The van der Waals surface area contributed by atoms with Crippen molar-refractivity contribution < 1.29 is 32.1 Å². The maximum Gasteiger partial charge on any atom is 0.324 e. The minimum Gasteiger partial charge on any atom is -0.425 e. The zero-order valence-electron chi connectivity index (χ0n) is 17.6. The van der Waals surface area contributed by atoms with E-state index >= 15 is 0 Å². The van der Waals surface area contributed by atoms with Crippen LogP contribution in [0.5, 0.6) is 5.75 Å². The fraction of sp³-hybridized carbons (Fsp3) is 0.619. The summed E-state index contributed by atoms with van der Waals surface area (Å²) in [6, 6.07) is 5.41. The maximum absolute atomic E-state index is 11.9. The quantitative estimate of drug-likeness (QED) is 0.128. The van der Waals surface area contributed by atoms with Crippen LogP contribution in [0.4, 0.5) is 0 Å². The fourth-order valence-corrected chi connectivity index (χ4v) is 3.41. The Morgan fingerprint density at radius 1 is 0.900 bits per heavy atom. The van der Waals surface area contributed by atoms with Gasteiger partial charge in [-0.05, 0) is 31.4 Å². The molecule has 1 rings (SSSR count). The van der Waals surface area contributed by atoms with Gasteiger partial charge in [0.05, 0.1) is 0 Å². The molecule has 0 heterocycles. The smallest absolute Gasteiger partial charge is 0.324 e. The van der Waals surface area contributed by atoms with Gasteiger partial charge in [-0.3, -0.25) is 14.1 Å². The Kier molecular flexibility index (Phi) is 13.0. The van der Waals surface area contributed by atoms with Gasteiger partial charge in [0.1, 0.15) is 4.90 Å². The van der Waals surface area contributed by atoms with Gasteiger partial charge >= 0.3 is 11.9 Å². The number of para-hydroxylation sites is 1. The van der Waals surface area contributed by atoms with Crippen LogP contribution >= 0.6 is 0 Å². The zero-order valence-corrected chi connectivity index (χ0v) is 18.4. The first kappa shape index (κ1) is 26.1. The van der Waals surface area contributed by atoms with E-state index in [0.717, 1.165) is 25.3 Å². The molecule has 0 aliphatic rings. The second-order valence-electron chi connectivity index (χ2n) is 7.09. The SMILES string of the molecule is CCCCCCCCC(=O)ONCCCCCC(=O)Oc1ccccc1S(=O)(=O)O. The molecule has 0 aliphatic carbocycles. The Labute approximate surface area is 179 Å². The lowest BCUT2D eigenvalue weighted by atomic mass is 10.1. The lowest BCUT2D eigenvalue weighted by Gasteiger charge is -2.08. The van der Waals surface area contributed by atoms with Gasteiger partial charge in [-0.25, -0.2) is 0 Å². The van der Waals surface area contributed by atoms with Crippen molar-refractivity contribution in [3.05, 3.63) is 24.3 Å². The van der Waals surface area contributed by atoms with Crippen molar-refractivity contribution in [3.8, 4) is 5.75 Å². The Morgan fingerprint density at radius 3 is 2.20 bits per heavy atom. The molecule has 2 N–H and O–H groups in total. The van der Waals surface area contributed by atoms with E-state index in [2.05, 4.69) is 12.4 Å². The van der Waals surface area contributed by atoms with E-state index in [1.807, 2.05) is 0 Å². The zero-order chi connectivity index (χ0) is 22.2. The van der Waals surface area contributed by atoms with Gasteiger partial charge in [-0.2, -0.15) is 13.9 Å². The summed E-state index contributed by atoms with van der Waals surface area (Å²) in [5.74, 6) is -1.03. The predicted octanol–water partition coefficient (Wildman–Crippen LogP) is 4.20. The van der Waals surface area contributed by atoms with Crippen LogP contribution in [0.1, 0.15) is 77.6 Å². The van der Waals surface area contributed by atoms with E-state index in [-0.39, 0.29) is 18.1 Å². The molecule has 0 spiro atoms. The molecule has 0 unspecified atom stereocenters. The Bertz CT molecular complexity index is 749. The van der Waals surface area contributed by atoms with Crippen LogP contribution in [-0.2, 0) is 24.5 Å². The summed E-state index contributed by atoms with van der Waals surface area (Å²) in [7, 11) is -4.46. The molecule has 0 radical (unpaired) electrons. The minimum absolute atomic E-state index is 0.109. The summed E-state index contributed by atoms with van der Waals surface area (Å²) >= 11 is 0. The Morgan fingerprint density at radius 2 is 1.50 bits per heavy atom. The van der Waals surface area contributed by atoms with E-state index in [4.69, 9.17) is 14.1 Å². The first-order valence-corrected chi connectivity index (χ1v) is 12.0. The number of unbranched alkanes of at least 4 members (excludes halogenated alkanes) is 7. The highest BCUT2D eigenvalue weighted by Crippen LogP contribution is 2.23. The Balaban J connectivity index is 2.08. The topological polar surface area (TPSA) is 119 Å². The number of rotatable bonds is 16. The standard InChI is InChI=1S/C21H33NO7S/c1-2-3-4-5-6-8-16-21(24)29-22-17-12-7-9-15-20(23)28-18-13-10-11-14-19(18)30(25,26)27/h10-11,13-14,22H,2-9,12,15-17H2,1H3,(H,25,26,27). The predicted molar refractivity (Wildman–Crippen MR) is 112 cm³/mol. The molecule has 1 aromatic carbocycles. The number of hydroxylamine groups is 1. The van der Waals surface area contributed by atoms with Crippen LogP contribution in [0.25, 0.3) is 0 Å². The summed E-state index contributed by atoms with van der Waals surface area (Å²) in [6.07, 6.45) is 9.16. The molecule has 0 atom stereocenters. The van der Waals surface area contributed by atoms with Gasteiger partial charge < -0.3 is 9.57 Å². The number of carbonyl (C=O) groups excluding carboxylic acids is 2. The average molecular weight is 444 g/mol. The number of benzene rings is 1. The number of hydrogen-bond acceptors (Lipinski definition) is 7. The average Bonchev–Trinajstić information content (AvgIpc) is 2.69. The molecule has 0 fully saturated rings. The molecular weight excluding hydrogens is 410 g/mol. The Hall–Kier alpha value is -1.97. The van der Waals surface area contributed by atoms with Crippen molar-refractivity contribution >= 4 is 22.1 Å². The number of esters is 1. The highest BCUT2D eigenvalue weighted by atomic mass is 32.2. The van der Waals surface area contributed by atoms with E-state index in [1.54, 1.807) is 0 Å². The molecule has 1 aromatic rings. The molecule has 0 amide bonds. The molecule has 0 bridgehead atoms. The first-order valence-electron chi connectivity index (χ1n) is 10.5. The van der Waals surface area contributed by atoms with E-state index in [1.165, 1.54) is 37.5 Å². The summed E-state index contributed by atoms with van der Waals surface area (Å²) in [4.78, 5) is 28.0. The van der Waals surface area contributed by atoms with Crippen LogP contribution < -0.4 is 10.2 Å². The van der Waals surface area contributed by atoms with Gasteiger partial charge in [0.25, 0.3) is 10.1 Å². The van der Waals surface area contributed by atoms with Gasteiger partial charge in [-0.1, -0.05) is 57.6 Å². The summed E-state index contributed by atoms with van der Waals surface area (Å²) < 4.78 is 36.7. The summed E-state index contributed by atoms with van der Waals surface area (Å²) in [5.41, 5.74) is 2.64. The second kappa shape index (κ2) is 14.9. The largest absolute Gasteiger partial charge is 0.425 e. The summed E-state index contributed by atoms with van der Waals surface area (Å²) in [6.45, 7) is 2.66. The highest BCUT2D eigenvalue weighted by molar-refractivity contribution is 7.86. The molecule has 0 aromatic heterocycles. The molecule has 8 nitrogen and oxygen atoms in total. The summed E-state index contributed by atoms with van der Waals surface area (Å²) in [5, 5.41) is 0. The van der Waals surface area contributed by atoms with Crippen LogP contribution in [0.2, 0.25) is 0 Å². The van der Waals surface area contributed by atoms with E-state index in [9.17, 15) is 18.0 Å². The molecular formula is C21H33NO7S. The molecule has 0 aliphatic heterocycles. The molecule has 170 valence electrons. The van der Waals surface area contributed by atoms with Crippen molar-refractivity contribution in [2.24, 2.45) is 0 Å². The van der Waals surface area contributed by atoms with Crippen molar-refractivity contribution in [2.45, 2.75) is 82.4 Å². The van der Waals surface area contributed by atoms with Gasteiger partial charge in [0.15, 0.2) is 5.75 Å². The van der Waals surface area contributed by atoms with Crippen molar-refractivity contribution in [1.82, 2.24) is 5.48 Å². The van der Waals surface area contributed by atoms with Crippen LogP contribution in [-0.4, -0.2) is 31.5 Å². The van der Waals surface area contributed by atoms with E-state index < -0.39 is 21.0 Å². The van der Waals surface area contributed by atoms with E-state index in [0.29, 0.717) is 32.2 Å². The van der Waals surface area contributed by atoms with Crippen molar-refractivity contribution in [1.29, 1.82) is 0 Å². The van der Waals surface area contributed by atoms with Crippen LogP contribution in [0, 0.1) is 0 Å². The van der Waals surface area contributed by atoms with Crippen LogP contribution in [0.3, 0.4) is 0 Å². The van der Waals surface area contributed by atoms with Crippen molar-refractivity contribution in [3.63, 3.8) is 0 Å². The van der Waals surface area contributed by atoms with Crippen molar-refractivity contribution in [2.75, 3.05) is 6.54 Å². The third-order valence-electron chi connectivity index (χ3n) is 4.43. The lowest BCUT2D eigenvalue weighted by molar-refractivity contribution is -0.151.